The smallest absolute Gasteiger partial charge is 0.322 e. The summed E-state index contributed by atoms with van der Waals surface area (Å²) in [6.07, 6.45) is 1.61. The van der Waals surface area contributed by atoms with Gasteiger partial charge in [-0.25, -0.2) is 4.98 Å². The average Bonchev–Trinajstić information content (AvgIpc) is 2.72. The van der Waals surface area contributed by atoms with Gasteiger partial charge in [0.05, 0.1) is 13.7 Å². The first kappa shape index (κ1) is 11.0. The summed E-state index contributed by atoms with van der Waals surface area (Å²) < 4.78 is 6.48. The molecule has 0 radical (unpaired) electrons. The maximum absolute atomic E-state index is 5.49. The molecule has 0 unspecified atom stereocenters. The van der Waals surface area contributed by atoms with Crippen LogP contribution in [0, 0.1) is 0 Å². The SMILES string of the molecule is COc1nc(N)nc(NCc2ncn(C)n2)n1. The summed E-state index contributed by atoms with van der Waals surface area (Å²) in [6, 6.07) is 0.161. The van der Waals surface area contributed by atoms with Crippen LogP contribution in [0.1, 0.15) is 5.82 Å². The summed E-state index contributed by atoms with van der Waals surface area (Å²) >= 11 is 0. The third-order valence-corrected chi connectivity index (χ3v) is 1.87. The van der Waals surface area contributed by atoms with E-state index >= 15 is 0 Å². The first-order valence-corrected chi connectivity index (χ1v) is 4.81. The number of nitrogen functional groups attached to an aromatic ring is 1. The molecule has 0 aliphatic carbocycles. The number of nitrogens with zero attached hydrogens (tertiary/aromatic N) is 6. The molecule has 0 aromatic carbocycles. The molecule has 9 nitrogen and oxygen atoms in total. The number of rotatable bonds is 4. The standard InChI is InChI=1S/C8H12N8O/c1-16-4-11-5(15-16)3-10-7-12-6(9)13-8(14-7)17-2/h4H,3H2,1-2H3,(H3,9,10,12,13,14). The molecule has 0 atom stereocenters. The fraction of sp³-hybridized carbons (Fsp3) is 0.375. The number of nitrogens with two attached hydrogens (primary N) is 1. The van der Waals surface area contributed by atoms with E-state index in [-0.39, 0.29) is 12.0 Å². The van der Waals surface area contributed by atoms with Gasteiger partial charge in [-0.05, 0) is 0 Å². The Bertz CT molecular complexity index is 510. The van der Waals surface area contributed by atoms with Crippen LogP contribution in [0.5, 0.6) is 6.01 Å². The van der Waals surface area contributed by atoms with Crippen molar-refractivity contribution in [1.82, 2.24) is 29.7 Å². The molecule has 2 rings (SSSR count). The van der Waals surface area contributed by atoms with Crippen molar-refractivity contribution >= 4 is 11.9 Å². The van der Waals surface area contributed by atoms with E-state index in [1.807, 2.05) is 0 Å². The molecular weight excluding hydrogens is 224 g/mol. The molecular formula is C8H12N8O. The highest BCUT2D eigenvalue weighted by atomic mass is 16.5. The van der Waals surface area contributed by atoms with Gasteiger partial charge in [0.2, 0.25) is 11.9 Å². The fourth-order valence-corrected chi connectivity index (χ4v) is 1.17. The van der Waals surface area contributed by atoms with Gasteiger partial charge in [0.15, 0.2) is 5.82 Å². The van der Waals surface area contributed by atoms with E-state index in [2.05, 4.69) is 30.4 Å². The van der Waals surface area contributed by atoms with Gasteiger partial charge >= 0.3 is 6.01 Å². The quantitative estimate of drug-likeness (QED) is 0.708. The van der Waals surface area contributed by atoms with Crippen LogP contribution in [0.3, 0.4) is 0 Å². The number of anilines is 2. The van der Waals surface area contributed by atoms with E-state index < -0.39 is 0 Å². The third kappa shape index (κ3) is 2.77. The van der Waals surface area contributed by atoms with Crippen molar-refractivity contribution < 1.29 is 4.74 Å². The van der Waals surface area contributed by atoms with Gasteiger partial charge in [-0.1, -0.05) is 0 Å². The summed E-state index contributed by atoms with van der Waals surface area (Å²) in [5, 5.41) is 7.03. The van der Waals surface area contributed by atoms with E-state index in [9.17, 15) is 0 Å². The van der Waals surface area contributed by atoms with E-state index in [4.69, 9.17) is 10.5 Å². The Kier molecular flexibility index (Phi) is 2.99. The second-order valence-electron chi connectivity index (χ2n) is 3.19. The summed E-state index contributed by atoms with van der Waals surface area (Å²) in [5.74, 6) is 1.04. The van der Waals surface area contributed by atoms with Crippen LogP contribution in [0.25, 0.3) is 0 Å². The van der Waals surface area contributed by atoms with Gasteiger partial charge in [0.1, 0.15) is 6.33 Å². The van der Waals surface area contributed by atoms with E-state index in [0.717, 1.165) is 0 Å². The van der Waals surface area contributed by atoms with E-state index in [0.29, 0.717) is 18.3 Å². The lowest BCUT2D eigenvalue weighted by Gasteiger charge is -2.04. The highest BCUT2D eigenvalue weighted by Crippen LogP contribution is 2.08. The Morgan fingerprint density at radius 2 is 2.24 bits per heavy atom. The minimum atomic E-state index is 0.0910. The maximum Gasteiger partial charge on any atom is 0.322 e. The van der Waals surface area contributed by atoms with Crippen LogP contribution in [0.15, 0.2) is 6.33 Å². The molecule has 0 amide bonds. The fourth-order valence-electron chi connectivity index (χ4n) is 1.17. The zero-order valence-electron chi connectivity index (χ0n) is 9.45. The second-order valence-corrected chi connectivity index (χ2v) is 3.19. The van der Waals surface area contributed by atoms with Crippen molar-refractivity contribution in [2.45, 2.75) is 6.54 Å². The zero-order valence-corrected chi connectivity index (χ0v) is 9.45. The molecule has 0 bridgehead atoms. The first-order chi connectivity index (χ1) is 8.17. The molecule has 2 aromatic heterocycles. The van der Waals surface area contributed by atoms with Crippen molar-refractivity contribution in [2.75, 3.05) is 18.2 Å². The van der Waals surface area contributed by atoms with Gasteiger partial charge in [0.25, 0.3) is 0 Å². The Hall–Kier alpha value is -2.45. The molecule has 3 N–H and O–H groups in total. The molecule has 2 heterocycles. The van der Waals surface area contributed by atoms with Crippen LogP contribution >= 0.6 is 0 Å². The minimum Gasteiger partial charge on any atom is -0.467 e. The van der Waals surface area contributed by atoms with Crippen molar-refractivity contribution in [2.24, 2.45) is 7.05 Å². The topological polar surface area (TPSA) is 117 Å². The van der Waals surface area contributed by atoms with Crippen molar-refractivity contribution in [3.05, 3.63) is 12.2 Å². The molecule has 90 valence electrons. The Balaban J connectivity index is 2.05. The molecule has 0 saturated carbocycles. The van der Waals surface area contributed by atoms with E-state index in [1.54, 1.807) is 18.1 Å². The normalized spacial score (nSPS) is 10.2. The van der Waals surface area contributed by atoms with Crippen molar-refractivity contribution in [3.63, 3.8) is 0 Å². The van der Waals surface area contributed by atoms with Crippen LogP contribution in [0.4, 0.5) is 11.9 Å². The van der Waals surface area contributed by atoms with Gasteiger partial charge < -0.3 is 15.8 Å². The number of hydrogen-bond acceptors (Lipinski definition) is 8. The summed E-state index contributed by atoms with van der Waals surface area (Å²) in [6.45, 7) is 0.396. The number of nitrogens with one attached hydrogen (secondary N) is 1. The highest BCUT2D eigenvalue weighted by Gasteiger charge is 2.05. The minimum absolute atomic E-state index is 0.0910. The number of methoxy groups -OCH3 is 1. The average molecular weight is 236 g/mol. The molecule has 9 heteroatoms. The zero-order chi connectivity index (χ0) is 12.3. The second kappa shape index (κ2) is 4.60. The molecule has 2 aromatic rings. The predicted molar refractivity (Wildman–Crippen MR) is 59.1 cm³/mol. The highest BCUT2D eigenvalue weighted by molar-refractivity contribution is 5.32. The van der Waals surface area contributed by atoms with Crippen LogP contribution in [-0.4, -0.2) is 36.8 Å². The van der Waals surface area contributed by atoms with Crippen LogP contribution in [0.2, 0.25) is 0 Å². The molecule has 0 aliphatic heterocycles. The summed E-state index contributed by atoms with van der Waals surface area (Å²) in [7, 11) is 3.25. The number of ether oxygens (including phenoxy) is 1. The predicted octanol–water partition coefficient (Wildman–Crippen LogP) is -0.797. The third-order valence-electron chi connectivity index (χ3n) is 1.87. The lowest BCUT2D eigenvalue weighted by molar-refractivity contribution is 0.379. The largest absolute Gasteiger partial charge is 0.467 e. The van der Waals surface area contributed by atoms with Crippen molar-refractivity contribution in [1.29, 1.82) is 0 Å². The summed E-state index contributed by atoms with van der Waals surface area (Å²) in [5.41, 5.74) is 5.49. The van der Waals surface area contributed by atoms with Crippen molar-refractivity contribution in [3.8, 4) is 6.01 Å². The molecule has 0 aliphatic rings. The number of aromatic nitrogens is 6. The monoisotopic (exact) mass is 236 g/mol. The Labute approximate surface area is 97.1 Å². The van der Waals surface area contributed by atoms with Crippen LogP contribution in [-0.2, 0) is 13.6 Å². The molecule has 0 saturated heterocycles. The summed E-state index contributed by atoms with van der Waals surface area (Å²) in [4.78, 5) is 15.7. The number of hydrogen-bond donors (Lipinski definition) is 2. The first-order valence-electron chi connectivity index (χ1n) is 4.81. The van der Waals surface area contributed by atoms with Gasteiger partial charge in [0, 0.05) is 7.05 Å². The van der Waals surface area contributed by atoms with E-state index in [1.165, 1.54) is 7.11 Å². The van der Waals surface area contributed by atoms with Gasteiger partial charge in [-0.15, -0.1) is 0 Å². The lowest BCUT2D eigenvalue weighted by atomic mass is 10.6. The number of aryl methyl sites for hydroxylation is 1. The van der Waals surface area contributed by atoms with Crippen LogP contribution < -0.4 is 15.8 Å². The lowest BCUT2D eigenvalue weighted by Crippen LogP contribution is -2.09. The van der Waals surface area contributed by atoms with Gasteiger partial charge in [-0.3, -0.25) is 4.68 Å². The van der Waals surface area contributed by atoms with Gasteiger partial charge in [-0.2, -0.15) is 20.1 Å². The molecule has 0 fully saturated rings. The molecule has 17 heavy (non-hydrogen) atoms. The Morgan fingerprint density at radius 3 is 2.88 bits per heavy atom. The Morgan fingerprint density at radius 1 is 1.41 bits per heavy atom. The molecule has 0 spiro atoms. The maximum atomic E-state index is 5.49.